The molecule has 0 spiro atoms. The molecular formula is C21H26BrN3O2. The second kappa shape index (κ2) is 9.35. The smallest absolute Gasteiger partial charge is 0.193 e. The highest BCUT2D eigenvalue weighted by molar-refractivity contribution is 9.10. The maximum atomic E-state index is 6.21. The molecule has 1 saturated heterocycles. The van der Waals surface area contributed by atoms with E-state index < -0.39 is 0 Å². The van der Waals surface area contributed by atoms with Gasteiger partial charge in [-0.3, -0.25) is 4.99 Å². The third kappa shape index (κ3) is 5.09. The van der Waals surface area contributed by atoms with Crippen LogP contribution in [0.1, 0.15) is 24.0 Å². The summed E-state index contributed by atoms with van der Waals surface area (Å²) in [5, 5.41) is 3.22. The van der Waals surface area contributed by atoms with Gasteiger partial charge >= 0.3 is 0 Å². The Bertz CT molecular complexity index is 771. The van der Waals surface area contributed by atoms with Gasteiger partial charge in [0.1, 0.15) is 0 Å². The van der Waals surface area contributed by atoms with Crippen molar-refractivity contribution in [3.63, 3.8) is 0 Å². The SMILES string of the molecule is COCc1ccccc1NC(N)=NCC1(c2ccc(Br)cc2)CCOCC1. The van der Waals surface area contributed by atoms with Gasteiger partial charge in [-0.05, 0) is 36.6 Å². The standard InChI is InChI=1S/C21H26BrN3O2/c1-26-14-16-4-2-3-5-19(16)25-20(23)24-15-21(10-12-27-13-11-21)17-6-8-18(22)9-7-17/h2-9H,10-15H2,1H3,(H3,23,24,25). The van der Waals surface area contributed by atoms with E-state index in [9.17, 15) is 0 Å². The number of ether oxygens (including phenoxy) is 2. The van der Waals surface area contributed by atoms with Crippen LogP contribution < -0.4 is 11.1 Å². The predicted molar refractivity (Wildman–Crippen MR) is 113 cm³/mol. The van der Waals surface area contributed by atoms with Crippen LogP contribution in [0.5, 0.6) is 0 Å². The lowest BCUT2D eigenvalue weighted by Gasteiger charge is -2.36. The summed E-state index contributed by atoms with van der Waals surface area (Å²) in [6.07, 6.45) is 1.87. The van der Waals surface area contributed by atoms with Crippen molar-refractivity contribution in [3.8, 4) is 0 Å². The number of methoxy groups -OCH3 is 1. The van der Waals surface area contributed by atoms with Gasteiger partial charge in [-0.2, -0.15) is 0 Å². The zero-order chi connectivity index (χ0) is 19.1. The summed E-state index contributed by atoms with van der Waals surface area (Å²) in [5.41, 5.74) is 9.42. The van der Waals surface area contributed by atoms with Crippen molar-refractivity contribution in [1.82, 2.24) is 0 Å². The quantitative estimate of drug-likeness (QED) is 0.534. The number of aliphatic imine (C=N–C) groups is 1. The van der Waals surface area contributed by atoms with E-state index in [4.69, 9.17) is 20.2 Å². The van der Waals surface area contributed by atoms with E-state index in [1.807, 2.05) is 24.3 Å². The normalized spacial score (nSPS) is 16.9. The number of halogens is 1. The molecule has 0 saturated carbocycles. The lowest BCUT2D eigenvalue weighted by Crippen LogP contribution is -2.38. The number of rotatable bonds is 6. The second-order valence-corrected chi connectivity index (χ2v) is 7.73. The molecule has 6 heteroatoms. The van der Waals surface area contributed by atoms with E-state index in [2.05, 4.69) is 45.5 Å². The highest BCUT2D eigenvalue weighted by atomic mass is 79.9. The van der Waals surface area contributed by atoms with Crippen LogP contribution in [0.4, 0.5) is 5.69 Å². The number of anilines is 1. The molecular weight excluding hydrogens is 406 g/mol. The van der Waals surface area contributed by atoms with Crippen molar-refractivity contribution < 1.29 is 9.47 Å². The Hall–Kier alpha value is -1.89. The van der Waals surface area contributed by atoms with Crippen LogP contribution in [-0.2, 0) is 21.5 Å². The van der Waals surface area contributed by atoms with E-state index >= 15 is 0 Å². The summed E-state index contributed by atoms with van der Waals surface area (Å²) in [5.74, 6) is 0.418. The van der Waals surface area contributed by atoms with Gasteiger partial charge < -0.3 is 20.5 Å². The molecule has 1 aliphatic rings. The average Bonchev–Trinajstić information content (AvgIpc) is 2.69. The zero-order valence-electron chi connectivity index (χ0n) is 15.6. The molecule has 0 bridgehead atoms. The third-order valence-corrected chi connectivity index (χ3v) is 5.57. The minimum absolute atomic E-state index is 0.0443. The lowest BCUT2D eigenvalue weighted by molar-refractivity contribution is 0.0531. The number of nitrogens with zero attached hydrogens (tertiary/aromatic N) is 1. The zero-order valence-corrected chi connectivity index (χ0v) is 17.2. The summed E-state index contributed by atoms with van der Waals surface area (Å²) in [4.78, 5) is 4.69. The summed E-state index contributed by atoms with van der Waals surface area (Å²) in [7, 11) is 1.68. The molecule has 3 rings (SSSR count). The molecule has 0 aromatic heterocycles. The van der Waals surface area contributed by atoms with Crippen LogP contribution in [0.25, 0.3) is 0 Å². The van der Waals surface area contributed by atoms with Gasteiger partial charge in [0.05, 0.1) is 13.2 Å². The molecule has 144 valence electrons. The first kappa shape index (κ1) is 19.9. The summed E-state index contributed by atoms with van der Waals surface area (Å²) in [6, 6.07) is 16.5. The first-order valence-corrected chi connectivity index (χ1v) is 9.90. The minimum Gasteiger partial charge on any atom is -0.381 e. The third-order valence-electron chi connectivity index (χ3n) is 5.04. The first-order chi connectivity index (χ1) is 13.1. The average molecular weight is 432 g/mol. The molecule has 0 unspecified atom stereocenters. The summed E-state index contributed by atoms with van der Waals surface area (Å²) >= 11 is 3.51. The van der Waals surface area contributed by atoms with Gasteiger partial charge in [0.2, 0.25) is 0 Å². The van der Waals surface area contributed by atoms with E-state index in [1.54, 1.807) is 7.11 Å². The van der Waals surface area contributed by atoms with Gasteiger partial charge in [-0.25, -0.2) is 0 Å². The fourth-order valence-corrected chi connectivity index (χ4v) is 3.71. The van der Waals surface area contributed by atoms with Crippen LogP contribution >= 0.6 is 15.9 Å². The van der Waals surface area contributed by atoms with Crippen LogP contribution in [-0.4, -0.2) is 32.8 Å². The Kier molecular flexibility index (Phi) is 6.88. The number of hydrogen-bond donors (Lipinski definition) is 2. The lowest BCUT2D eigenvalue weighted by atomic mass is 9.74. The van der Waals surface area contributed by atoms with Crippen molar-refractivity contribution in [2.75, 3.05) is 32.2 Å². The number of benzene rings is 2. The number of nitrogens with one attached hydrogen (secondary N) is 1. The molecule has 1 fully saturated rings. The van der Waals surface area contributed by atoms with Crippen molar-refractivity contribution in [3.05, 3.63) is 64.1 Å². The Labute approximate surface area is 169 Å². The number of hydrogen-bond acceptors (Lipinski definition) is 3. The Morgan fingerprint density at radius 1 is 1.19 bits per heavy atom. The fraction of sp³-hybridized carbons (Fsp3) is 0.381. The van der Waals surface area contributed by atoms with Gasteiger partial charge in [0, 0.05) is 41.5 Å². The van der Waals surface area contributed by atoms with Gasteiger partial charge in [0.25, 0.3) is 0 Å². The van der Waals surface area contributed by atoms with Crippen LogP contribution in [0.15, 0.2) is 58.0 Å². The van der Waals surface area contributed by atoms with Crippen LogP contribution in [0.2, 0.25) is 0 Å². The van der Waals surface area contributed by atoms with Crippen molar-refractivity contribution in [1.29, 1.82) is 0 Å². The molecule has 5 nitrogen and oxygen atoms in total. The Morgan fingerprint density at radius 2 is 1.89 bits per heavy atom. The van der Waals surface area contributed by atoms with Crippen molar-refractivity contribution in [2.45, 2.75) is 24.9 Å². The largest absolute Gasteiger partial charge is 0.381 e. The maximum absolute atomic E-state index is 6.21. The highest BCUT2D eigenvalue weighted by Gasteiger charge is 2.34. The molecule has 0 amide bonds. The predicted octanol–water partition coefficient (Wildman–Crippen LogP) is 4.07. The minimum atomic E-state index is -0.0443. The number of nitrogens with two attached hydrogens (primary N) is 1. The number of para-hydroxylation sites is 1. The van der Waals surface area contributed by atoms with E-state index in [0.717, 1.165) is 41.8 Å². The van der Waals surface area contributed by atoms with E-state index in [1.165, 1.54) is 5.56 Å². The van der Waals surface area contributed by atoms with Gasteiger partial charge in [-0.1, -0.05) is 46.3 Å². The first-order valence-electron chi connectivity index (χ1n) is 9.10. The van der Waals surface area contributed by atoms with E-state index in [-0.39, 0.29) is 5.41 Å². The molecule has 2 aromatic rings. The molecule has 1 aliphatic heterocycles. The molecule has 0 atom stereocenters. The summed E-state index contributed by atoms with van der Waals surface area (Å²) < 4.78 is 11.9. The topological polar surface area (TPSA) is 68.9 Å². The number of guanidine groups is 1. The molecule has 0 aliphatic carbocycles. The molecule has 0 radical (unpaired) electrons. The molecule has 27 heavy (non-hydrogen) atoms. The van der Waals surface area contributed by atoms with Gasteiger partial charge in [-0.15, -0.1) is 0 Å². The Morgan fingerprint density at radius 3 is 2.59 bits per heavy atom. The molecule has 1 heterocycles. The maximum Gasteiger partial charge on any atom is 0.193 e. The fourth-order valence-electron chi connectivity index (χ4n) is 3.44. The Balaban J connectivity index is 1.77. The van der Waals surface area contributed by atoms with Crippen molar-refractivity contribution >= 4 is 27.6 Å². The monoisotopic (exact) mass is 431 g/mol. The van der Waals surface area contributed by atoms with E-state index in [0.29, 0.717) is 19.1 Å². The van der Waals surface area contributed by atoms with Crippen molar-refractivity contribution in [2.24, 2.45) is 10.7 Å². The van der Waals surface area contributed by atoms with Gasteiger partial charge in [0.15, 0.2) is 5.96 Å². The van der Waals surface area contributed by atoms with Crippen LogP contribution in [0.3, 0.4) is 0 Å². The summed E-state index contributed by atoms with van der Waals surface area (Å²) in [6.45, 7) is 2.64. The molecule has 3 N–H and O–H groups in total. The molecule has 2 aromatic carbocycles. The van der Waals surface area contributed by atoms with Crippen LogP contribution in [0, 0.1) is 0 Å². The highest BCUT2D eigenvalue weighted by Crippen LogP contribution is 2.35. The second-order valence-electron chi connectivity index (χ2n) is 6.82.